The lowest BCUT2D eigenvalue weighted by Crippen LogP contribution is -2.61. The molecule has 0 unspecified atom stereocenters. The summed E-state index contributed by atoms with van der Waals surface area (Å²) in [5.41, 5.74) is 0.276. The van der Waals surface area contributed by atoms with Gasteiger partial charge in [0.25, 0.3) is 0 Å². The molecule has 0 aromatic heterocycles. The first-order valence-electron chi connectivity index (χ1n) is 10.5. The second-order valence-corrected chi connectivity index (χ2v) is 10.7. The number of benzene rings is 1. The molecule has 6 heteroatoms. The van der Waals surface area contributed by atoms with Crippen LogP contribution < -0.4 is 4.72 Å². The van der Waals surface area contributed by atoms with Gasteiger partial charge < -0.3 is 4.74 Å². The first-order chi connectivity index (χ1) is 13.8. The van der Waals surface area contributed by atoms with Crippen LogP contribution in [0.4, 0.5) is 0 Å². The topological polar surface area (TPSA) is 72.5 Å². The lowest BCUT2D eigenvalue weighted by molar-refractivity contribution is -0.140. The van der Waals surface area contributed by atoms with Crippen molar-refractivity contribution in [1.29, 1.82) is 0 Å². The zero-order chi connectivity index (χ0) is 21.1. The average molecular weight is 420 g/mol. The van der Waals surface area contributed by atoms with E-state index in [1.807, 2.05) is 6.07 Å². The summed E-state index contributed by atoms with van der Waals surface area (Å²) in [4.78, 5) is 11.5. The SMILES string of the molecule is COC(=O)CCCC=CC[C@@H]1[C@H](NS(=O)(=O)c2ccccc2)C[C@H]2C[C@@H]1C2(C)C. The Morgan fingerprint density at radius 1 is 1.21 bits per heavy atom. The normalized spacial score (nSPS) is 28.1. The maximum atomic E-state index is 12.9. The number of esters is 1. The van der Waals surface area contributed by atoms with Gasteiger partial charge in [-0.15, -0.1) is 0 Å². The van der Waals surface area contributed by atoms with Crippen LogP contribution in [0.3, 0.4) is 0 Å². The summed E-state index contributed by atoms with van der Waals surface area (Å²) in [5, 5.41) is 0. The van der Waals surface area contributed by atoms with Crippen molar-refractivity contribution < 1.29 is 17.9 Å². The van der Waals surface area contributed by atoms with Crippen LogP contribution in [-0.2, 0) is 19.6 Å². The molecule has 0 spiro atoms. The average Bonchev–Trinajstić information content (AvgIpc) is 2.71. The summed E-state index contributed by atoms with van der Waals surface area (Å²) in [7, 11) is -2.10. The van der Waals surface area contributed by atoms with Gasteiger partial charge in [-0.1, -0.05) is 44.2 Å². The van der Waals surface area contributed by atoms with E-state index in [2.05, 4.69) is 35.5 Å². The molecule has 3 aliphatic carbocycles. The van der Waals surface area contributed by atoms with Gasteiger partial charge in [-0.2, -0.15) is 0 Å². The Morgan fingerprint density at radius 3 is 2.59 bits per heavy atom. The van der Waals surface area contributed by atoms with Gasteiger partial charge in [0.05, 0.1) is 12.0 Å². The van der Waals surface area contributed by atoms with Crippen LogP contribution in [0.25, 0.3) is 0 Å². The van der Waals surface area contributed by atoms with Crippen LogP contribution >= 0.6 is 0 Å². The fourth-order valence-electron chi connectivity index (χ4n) is 5.11. The number of fused-ring (bicyclic) bond motifs is 2. The zero-order valence-electron chi connectivity index (χ0n) is 17.6. The predicted octanol–water partition coefficient (Wildman–Crippen LogP) is 4.31. The Balaban J connectivity index is 1.64. The van der Waals surface area contributed by atoms with Crippen molar-refractivity contribution in [2.45, 2.75) is 63.3 Å². The molecule has 4 rings (SSSR count). The fraction of sp³-hybridized carbons (Fsp3) is 0.609. The Labute approximate surface area is 175 Å². The van der Waals surface area contributed by atoms with Gasteiger partial charge in [-0.3, -0.25) is 4.79 Å². The van der Waals surface area contributed by atoms with Crippen LogP contribution in [0.2, 0.25) is 0 Å². The highest BCUT2D eigenvalue weighted by Crippen LogP contribution is 2.62. The molecule has 0 radical (unpaired) electrons. The number of nitrogens with one attached hydrogen (secondary N) is 1. The molecular formula is C23H33NO4S. The van der Waals surface area contributed by atoms with Crippen LogP contribution in [-0.4, -0.2) is 27.5 Å². The van der Waals surface area contributed by atoms with Gasteiger partial charge in [0, 0.05) is 12.5 Å². The maximum absolute atomic E-state index is 12.9. The predicted molar refractivity (Wildman–Crippen MR) is 114 cm³/mol. The highest BCUT2D eigenvalue weighted by Gasteiger charge is 2.57. The molecular weight excluding hydrogens is 386 g/mol. The number of carbonyl (C=O) groups is 1. The first kappa shape index (κ1) is 22.0. The largest absolute Gasteiger partial charge is 0.469 e. The smallest absolute Gasteiger partial charge is 0.305 e. The lowest BCUT2D eigenvalue weighted by Gasteiger charge is -2.62. The molecule has 3 aliphatic rings. The van der Waals surface area contributed by atoms with Gasteiger partial charge in [-0.25, -0.2) is 13.1 Å². The van der Waals surface area contributed by atoms with Gasteiger partial charge >= 0.3 is 5.97 Å². The number of ether oxygens (including phenoxy) is 1. The van der Waals surface area contributed by atoms with E-state index in [0.717, 1.165) is 25.7 Å². The van der Waals surface area contributed by atoms with Crippen molar-refractivity contribution in [3.05, 3.63) is 42.5 Å². The van der Waals surface area contributed by atoms with Crippen LogP contribution in [0.5, 0.6) is 0 Å². The summed E-state index contributed by atoms with van der Waals surface area (Å²) in [6.07, 6.45) is 9.27. The summed E-state index contributed by atoms with van der Waals surface area (Å²) >= 11 is 0. The molecule has 4 atom stereocenters. The van der Waals surface area contributed by atoms with Gasteiger partial charge in [0.1, 0.15) is 0 Å². The third-order valence-corrected chi connectivity index (χ3v) is 8.54. The molecule has 0 heterocycles. The molecule has 1 aromatic carbocycles. The minimum absolute atomic E-state index is 0.0308. The van der Waals surface area contributed by atoms with Crippen LogP contribution in [0, 0.1) is 23.2 Å². The zero-order valence-corrected chi connectivity index (χ0v) is 18.5. The van der Waals surface area contributed by atoms with Crippen molar-refractivity contribution in [3.8, 4) is 0 Å². The molecule has 0 amide bonds. The molecule has 3 fully saturated rings. The van der Waals surface area contributed by atoms with E-state index in [4.69, 9.17) is 0 Å². The minimum atomic E-state index is -3.51. The third-order valence-electron chi connectivity index (χ3n) is 7.03. The maximum Gasteiger partial charge on any atom is 0.305 e. The number of sulfonamides is 1. The first-order valence-corrected chi connectivity index (χ1v) is 12.0. The van der Waals surface area contributed by atoms with E-state index in [9.17, 15) is 13.2 Å². The molecule has 1 N–H and O–H groups in total. The van der Waals surface area contributed by atoms with E-state index in [1.165, 1.54) is 13.5 Å². The number of rotatable bonds is 9. The van der Waals surface area contributed by atoms with Crippen molar-refractivity contribution in [2.24, 2.45) is 23.2 Å². The van der Waals surface area contributed by atoms with Gasteiger partial charge in [0.15, 0.2) is 0 Å². The molecule has 0 aliphatic heterocycles. The monoisotopic (exact) mass is 419 g/mol. The van der Waals surface area contributed by atoms with Crippen molar-refractivity contribution >= 4 is 16.0 Å². The summed E-state index contributed by atoms with van der Waals surface area (Å²) < 4.78 is 33.4. The summed E-state index contributed by atoms with van der Waals surface area (Å²) in [5.74, 6) is 1.23. The van der Waals surface area contributed by atoms with Gasteiger partial charge in [-0.05, 0) is 67.4 Å². The Kier molecular flexibility index (Phi) is 6.84. The summed E-state index contributed by atoms with van der Waals surface area (Å²) in [6.45, 7) is 4.64. The molecule has 1 aromatic rings. The van der Waals surface area contributed by atoms with Crippen molar-refractivity contribution in [3.63, 3.8) is 0 Å². The van der Waals surface area contributed by atoms with Crippen LogP contribution in [0.1, 0.15) is 52.4 Å². The number of carbonyl (C=O) groups excluding carboxylic acids is 1. The van der Waals surface area contributed by atoms with E-state index >= 15 is 0 Å². The number of methoxy groups -OCH3 is 1. The highest BCUT2D eigenvalue weighted by molar-refractivity contribution is 7.89. The Morgan fingerprint density at radius 2 is 1.93 bits per heavy atom. The van der Waals surface area contributed by atoms with E-state index < -0.39 is 10.0 Å². The van der Waals surface area contributed by atoms with Crippen molar-refractivity contribution in [2.75, 3.05) is 7.11 Å². The van der Waals surface area contributed by atoms with Gasteiger partial charge in [0.2, 0.25) is 10.0 Å². The second kappa shape index (κ2) is 9.00. The Bertz CT molecular complexity index is 832. The molecule has 5 nitrogen and oxygen atoms in total. The number of hydrogen-bond donors (Lipinski definition) is 1. The Hall–Kier alpha value is -1.66. The molecule has 3 saturated carbocycles. The molecule has 2 bridgehead atoms. The van der Waals surface area contributed by atoms with E-state index in [1.54, 1.807) is 24.3 Å². The summed E-state index contributed by atoms with van der Waals surface area (Å²) in [6, 6.07) is 8.59. The molecule has 0 saturated heterocycles. The van der Waals surface area contributed by atoms with Crippen molar-refractivity contribution in [1.82, 2.24) is 4.72 Å². The minimum Gasteiger partial charge on any atom is -0.469 e. The standard InChI is InChI=1S/C23H33NO4S/c1-23(2)17-15-20(23)19(13-9-4-5-10-14-22(25)28-3)21(16-17)24-29(26,27)18-11-7-6-8-12-18/h4,6-9,11-12,17,19-21,24H,5,10,13-16H2,1-3H3/t17-,19+,20+,21-/m1/s1. The number of allylic oxidation sites excluding steroid dienone is 2. The van der Waals surface area contributed by atoms with E-state index in [0.29, 0.717) is 29.1 Å². The van der Waals surface area contributed by atoms with E-state index in [-0.39, 0.29) is 17.4 Å². The van der Waals surface area contributed by atoms with Crippen LogP contribution in [0.15, 0.2) is 47.4 Å². The number of hydrogen-bond acceptors (Lipinski definition) is 4. The quantitative estimate of drug-likeness (QED) is 0.368. The number of unbranched alkanes of at least 4 members (excludes halogenated alkanes) is 1. The third kappa shape index (κ3) is 4.92. The fourth-order valence-corrected chi connectivity index (χ4v) is 6.43. The highest BCUT2D eigenvalue weighted by atomic mass is 32.2. The lowest BCUT2D eigenvalue weighted by atomic mass is 9.44. The second-order valence-electron chi connectivity index (χ2n) is 8.98. The molecule has 29 heavy (non-hydrogen) atoms. The molecule has 160 valence electrons.